The van der Waals surface area contributed by atoms with Gasteiger partial charge in [-0.1, -0.05) is 0 Å². The molecular formula is C23H23F2N7O. The van der Waals surface area contributed by atoms with Gasteiger partial charge in [0.05, 0.1) is 23.5 Å². The van der Waals surface area contributed by atoms with Crippen LogP contribution < -0.4 is 16.0 Å². The van der Waals surface area contributed by atoms with Crippen molar-refractivity contribution in [2.45, 2.75) is 25.4 Å². The molecule has 0 radical (unpaired) electrons. The molecule has 0 saturated carbocycles. The summed E-state index contributed by atoms with van der Waals surface area (Å²) in [5, 5.41) is 16.8. The number of anilines is 1. The van der Waals surface area contributed by atoms with Gasteiger partial charge in [-0.2, -0.15) is 10.4 Å². The third-order valence-electron chi connectivity index (χ3n) is 5.57. The van der Waals surface area contributed by atoms with Gasteiger partial charge >= 0.3 is 0 Å². The fourth-order valence-corrected chi connectivity index (χ4v) is 4.05. The van der Waals surface area contributed by atoms with Crippen LogP contribution in [0.15, 0.2) is 36.7 Å². The Balaban J connectivity index is 1.84. The molecule has 33 heavy (non-hydrogen) atoms. The van der Waals surface area contributed by atoms with E-state index in [4.69, 9.17) is 5.73 Å². The van der Waals surface area contributed by atoms with Gasteiger partial charge in [-0.3, -0.25) is 9.48 Å². The number of pyridine rings is 1. The topological polar surface area (TPSA) is 113 Å². The van der Waals surface area contributed by atoms with Crippen molar-refractivity contribution in [1.82, 2.24) is 20.1 Å². The highest BCUT2D eigenvalue weighted by atomic mass is 19.1. The fourth-order valence-electron chi connectivity index (χ4n) is 4.05. The van der Waals surface area contributed by atoms with Gasteiger partial charge < -0.3 is 16.0 Å². The second-order valence-corrected chi connectivity index (χ2v) is 8.50. The van der Waals surface area contributed by atoms with E-state index in [2.05, 4.69) is 15.4 Å². The minimum atomic E-state index is -0.796. The van der Waals surface area contributed by atoms with E-state index in [1.54, 1.807) is 24.0 Å². The number of hydrogen-bond donors (Lipinski definition) is 2. The first-order valence-corrected chi connectivity index (χ1v) is 10.4. The number of nitrogens with two attached hydrogens (primary N) is 1. The first kappa shape index (κ1) is 22.4. The summed E-state index contributed by atoms with van der Waals surface area (Å²) in [7, 11) is 1.77. The molecule has 0 spiro atoms. The molecule has 4 rings (SSSR count). The van der Waals surface area contributed by atoms with Crippen LogP contribution in [0.1, 0.15) is 35.1 Å². The highest BCUT2D eigenvalue weighted by Gasteiger charge is 2.34. The summed E-state index contributed by atoms with van der Waals surface area (Å²) in [4.78, 5) is 19.2. The smallest absolute Gasteiger partial charge is 0.255 e. The maximum Gasteiger partial charge on any atom is 0.255 e. The van der Waals surface area contributed by atoms with Gasteiger partial charge in [-0.15, -0.1) is 0 Å². The van der Waals surface area contributed by atoms with E-state index in [-0.39, 0.29) is 28.9 Å². The van der Waals surface area contributed by atoms with Gasteiger partial charge in [0, 0.05) is 49.7 Å². The summed E-state index contributed by atoms with van der Waals surface area (Å²) in [5.41, 5.74) is 7.29. The number of aromatic nitrogens is 3. The molecular weight excluding hydrogens is 428 g/mol. The summed E-state index contributed by atoms with van der Waals surface area (Å²) >= 11 is 0. The van der Waals surface area contributed by atoms with Crippen LogP contribution in [-0.4, -0.2) is 39.3 Å². The summed E-state index contributed by atoms with van der Waals surface area (Å²) in [5.74, 6) is -2.04. The summed E-state index contributed by atoms with van der Waals surface area (Å²) in [6.45, 7) is 2.97. The van der Waals surface area contributed by atoms with Crippen LogP contribution in [0, 0.1) is 23.0 Å². The Morgan fingerprint density at radius 3 is 2.64 bits per heavy atom. The minimum Gasteiger partial charge on any atom is -0.368 e. The Morgan fingerprint density at radius 2 is 2.06 bits per heavy atom. The molecule has 8 nitrogen and oxygen atoms in total. The first-order chi connectivity index (χ1) is 15.7. The molecule has 1 amide bonds. The lowest BCUT2D eigenvalue weighted by molar-refractivity contribution is 0.0950. The molecule has 0 unspecified atom stereocenters. The van der Waals surface area contributed by atoms with Gasteiger partial charge in [-0.25, -0.2) is 13.8 Å². The molecule has 0 bridgehead atoms. The molecule has 3 aromatic rings. The number of amides is 1. The zero-order chi connectivity index (χ0) is 23.8. The minimum absolute atomic E-state index is 0.0399. The second-order valence-electron chi connectivity index (χ2n) is 8.50. The van der Waals surface area contributed by atoms with Gasteiger partial charge in [0.25, 0.3) is 5.91 Å². The molecule has 1 aliphatic heterocycles. The van der Waals surface area contributed by atoms with Crippen LogP contribution in [0.3, 0.4) is 0 Å². The molecule has 10 heteroatoms. The van der Waals surface area contributed by atoms with Crippen molar-refractivity contribution < 1.29 is 13.6 Å². The largest absolute Gasteiger partial charge is 0.368 e. The van der Waals surface area contributed by atoms with E-state index in [9.17, 15) is 18.8 Å². The third-order valence-corrected chi connectivity index (χ3v) is 5.57. The summed E-state index contributed by atoms with van der Waals surface area (Å²) < 4.78 is 29.8. The Bertz CT molecular complexity index is 1240. The Labute approximate surface area is 189 Å². The lowest BCUT2D eigenvalue weighted by atomic mass is 9.97. The molecule has 0 aliphatic carbocycles. The van der Waals surface area contributed by atoms with Crippen LogP contribution >= 0.6 is 0 Å². The normalized spacial score (nSPS) is 17.8. The highest BCUT2D eigenvalue weighted by molar-refractivity contribution is 6.04. The molecule has 3 N–H and O–H groups in total. The molecule has 1 aromatic carbocycles. The number of halogens is 2. The predicted molar refractivity (Wildman–Crippen MR) is 118 cm³/mol. The van der Waals surface area contributed by atoms with Crippen LogP contribution in [-0.2, 0) is 13.6 Å². The standard InChI is InChI=1S/C23H23F2N7O/c1-23(27)4-6-32(13-23)21-18(22(33)29-11-17-3-5-31(2)30-17)12-28-19(10-26)20(21)14-7-15(24)9-16(25)8-14/h3,5,7-9,12H,4,6,11,13,27H2,1-2H3,(H,29,33)/t23-/m0/s1. The average Bonchev–Trinajstić information content (AvgIpc) is 3.34. The number of nitrogens with zero attached hydrogens (tertiary/aromatic N) is 5. The number of benzene rings is 1. The molecule has 1 fully saturated rings. The Morgan fingerprint density at radius 1 is 1.33 bits per heavy atom. The van der Waals surface area contributed by atoms with Gasteiger partial charge in [-0.05, 0) is 37.1 Å². The lowest BCUT2D eigenvalue weighted by Gasteiger charge is -2.27. The van der Waals surface area contributed by atoms with E-state index in [0.717, 1.165) is 18.2 Å². The van der Waals surface area contributed by atoms with Gasteiger partial charge in [0.2, 0.25) is 0 Å². The van der Waals surface area contributed by atoms with Gasteiger partial charge in [0.1, 0.15) is 23.4 Å². The zero-order valence-electron chi connectivity index (χ0n) is 18.3. The molecule has 3 heterocycles. The lowest BCUT2D eigenvalue weighted by Crippen LogP contribution is -2.39. The Hall–Kier alpha value is -3.84. The van der Waals surface area contributed by atoms with E-state index >= 15 is 0 Å². The van der Waals surface area contributed by atoms with Crippen molar-refractivity contribution in [3.05, 3.63) is 65.2 Å². The van der Waals surface area contributed by atoms with Crippen molar-refractivity contribution in [1.29, 1.82) is 5.26 Å². The van der Waals surface area contributed by atoms with Crippen molar-refractivity contribution in [2.75, 3.05) is 18.0 Å². The van der Waals surface area contributed by atoms with E-state index in [0.29, 0.717) is 30.9 Å². The number of rotatable bonds is 5. The average molecular weight is 451 g/mol. The molecule has 2 aromatic heterocycles. The van der Waals surface area contributed by atoms with Crippen molar-refractivity contribution in [3.63, 3.8) is 0 Å². The SMILES string of the molecule is Cn1ccc(CNC(=O)c2cnc(C#N)c(-c3cc(F)cc(F)c3)c2N2CC[C@](C)(N)C2)n1. The van der Waals surface area contributed by atoms with Crippen molar-refractivity contribution >= 4 is 11.6 Å². The number of nitrogens with one attached hydrogen (secondary N) is 1. The monoisotopic (exact) mass is 451 g/mol. The van der Waals surface area contributed by atoms with Crippen molar-refractivity contribution in [2.24, 2.45) is 12.8 Å². The van der Waals surface area contributed by atoms with E-state index in [1.165, 1.54) is 6.20 Å². The Kier molecular flexibility index (Phi) is 5.82. The van der Waals surface area contributed by atoms with E-state index in [1.807, 2.05) is 17.9 Å². The number of nitriles is 1. The number of aryl methyl sites for hydroxylation is 1. The second kappa shape index (κ2) is 8.60. The number of hydrogen-bond acceptors (Lipinski definition) is 6. The highest BCUT2D eigenvalue weighted by Crippen LogP contribution is 2.39. The van der Waals surface area contributed by atoms with Crippen LogP contribution in [0.5, 0.6) is 0 Å². The fraction of sp³-hybridized carbons (Fsp3) is 0.304. The molecule has 1 atom stereocenters. The number of carbonyl (C=O) groups is 1. The summed E-state index contributed by atoms with van der Waals surface area (Å²) in [6, 6.07) is 6.76. The summed E-state index contributed by atoms with van der Waals surface area (Å²) in [6.07, 6.45) is 3.72. The molecule has 170 valence electrons. The van der Waals surface area contributed by atoms with Crippen molar-refractivity contribution in [3.8, 4) is 17.2 Å². The van der Waals surface area contributed by atoms with Crippen LogP contribution in [0.25, 0.3) is 11.1 Å². The van der Waals surface area contributed by atoms with Gasteiger partial charge in [0.15, 0.2) is 0 Å². The quantitative estimate of drug-likeness (QED) is 0.616. The molecule has 1 aliphatic rings. The maximum atomic E-state index is 14.1. The van der Waals surface area contributed by atoms with Crippen LogP contribution in [0.4, 0.5) is 14.5 Å². The number of carbonyl (C=O) groups excluding carboxylic acids is 1. The predicted octanol–water partition coefficient (Wildman–Crippen LogP) is 2.49. The van der Waals surface area contributed by atoms with Crippen LogP contribution in [0.2, 0.25) is 0 Å². The maximum absolute atomic E-state index is 14.1. The van der Waals surface area contributed by atoms with E-state index < -0.39 is 23.1 Å². The zero-order valence-corrected chi connectivity index (χ0v) is 18.3. The first-order valence-electron chi connectivity index (χ1n) is 10.4. The third kappa shape index (κ3) is 4.68. The molecule has 1 saturated heterocycles.